The van der Waals surface area contributed by atoms with E-state index in [1.54, 1.807) is 6.07 Å². The van der Waals surface area contributed by atoms with Gasteiger partial charge in [-0.25, -0.2) is 0 Å². The van der Waals surface area contributed by atoms with Gasteiger partial charge in [0, 0.05) is 18.6 Å². The van der Waals surface area contributed by atoms with Crippen LogP contribution in [0, 0.1) is 0 Å². The number of ether oxygens (including phenoxy) is 2. The summed E-state index contributed by atoms with van der Waals surface area (Å²) < 4.78 is 10.6. The smallest absolute Gasteiger partial charge is 0.163 e. The molecule has 1 aromatic rings. The Kier molecular flexibility index (Phi) is 4.93. The fourth-order valence-corrected chi connectivity index (χ4v) is 2.21. The number of benzene rings is 1. The van der Waals surface area contributed by atoms with E-state index in [0.29, 0.717) is 18.8 Å². The van der Waals surface area contributed by atoms with Crippen molar-refractivity contribution in [3.8, 4) is 5.75 Å². The fraction of sp³-hybridized carbons (Fsp3) is 0.533. The van der Waals surface area contributed by atoms with Crippen LogP contribution in [0.1, 0.15) is 35.7 Å². The van der Waals surface area contributed by atoms with Crippen LogP contribution in [0.5, 0.6) is 5.75 Å². The molecule has 0 saturated heterocycles. The van der Waals surface area contributed by atoms with Crippen LogP contribution >= 0.6 is 0 Å². The van der Waals surface area contributed by atoms with Gasteiger partial charge in [0.05, 0.1) is 6.61 Å². The Labute approximate surface area is 113 Å². The standard InChI is InChI=1S/C15H20O4/c1-2-18-9-12(16)10-19-13-6-7-14-11(8-13)4-3-5-15(14)17/h6-8,12,16H,2-5,9-10H2,1H3/t12-/m1/s1. The second-order valence-electron chi connectivity index (χ2n) is 4.72. The molecule has 104 valence electrons. The van der Waals surface area contributed by atoms with E-state index < -0.39 is 6.10 Å². The summed E-state index contributed by atoms with van der Waals surface area (Å²) in [7, 11) is 0. The van der Waals surface area contributed by atoms with E-state index in [9.17, 15) is 9.90 Å². The summed E-state index contributed by atoms with van der Waals surface area (Å²) in [6.07, 6.45) is 1.83. The van der Waals surface area contributed by atoms with Crippen molar-refractivity contribution in [3.05, 3.63) is 29.3 Å². The molecular formula is C15H20O4. The Morgan fingerprint density at radius 1 is 1.32 bits per heavy atom. The number of hydrogen-bond donors (Lipinski definition) is 1. The van der Waals surface area contributed by atoms with Gasteiger partial charge >= 0.3 is 0 Å². The number of ketones is 1. The quantitative estimate of drug-likeness (QED) is 0.853. The third-order valence-corrected chi connectivity index (χ3v) is 3.18. The second kappa shape index (κ2) is 6.68. The summed E-state index contributed by atoms with van der Waals surface area (Å²) in [6.45, 7) is 2.94. The molecule has 0 heterocycles. The normalized spacial score (nSPS) is 16.0. The summed E-state index contributed by atoms with van der Waals surface area (Å²) in [5.41, 5.74) is 1.86. The Balaban J connectivity index is 1.93. The van der Waals surface area contributed by atoms with Gasteiger partial charge in [-0.05, 0) is 43.5 Å². The molecule has 0 bridgehead atoms. The van der Waals surface area contributed by atoms with E-state index in [1.165, 1.54) is 0 Å². The SMILES string of the molecule is CCOC[C@@H](O)COc1ccc2c(c1)CCCC2=O. The van der Waals surface area contributed by atoms with Crippen LogP contribution in [0.25, 0.3) is 0 Å². The Hall–Kier alpha value is -1.39. The first-order valence-corrected chi connectivity index (χ1v) is 6.75. The van der Waals surface area contributed by atoms with Crippen LogP contribution in [0.15, 0.2) is 18.2 Å². The van der Waals surface area contributed by atoms with Crippen LogP contribution in [0.3, 0.4) is 0 Å². The summed E-state index contributed by atoms with van der Waals surface area (Å²) in [5, 5.41) is 9.62. The molecule has 0 aliphatic heterocycles. The molecule has 0 aromatic heterocycles. The molecule has 0 radical (unpaired) electrons. The number of fused-ring (bicyclic) bond motifs is 1. The number of aliphatic hydroxyl groups is 1. The number of carbonyl (C=O) groups is 1. The topological polar surface area (TPSA) is 55.8 Å². The van der Waals surface area contributed by atoms with E-state index in [2.05, 4.69) is 0 Å². The lowest BCUT2D eigenvalue weighted by atomic mass is 9.90. The van der Waals surface area contributed by atoms with Gasteiger partial charge < -0.3 is 14.6 Å². The minimum absolute atomic E-state index is 0.201. The highest BCUT2D eigenvalue weighted by molar-refractivity contribution is 5.98. The zero-order chi connectivity index (χ0) is 13.7. The fourth-order valence-electron chi connectivity index (χ4n) is 2.21. The minimum atomic E-state index is -0.627. The maximum absolute atomic E-state index is 11.7. The molecule has 0 amide bonds. The van der Waals surface area contributed by atoms with E-state index >= 15 is 0 Å². The number of aryl methyl sites for hydroxylation is 1. The first-order valence-electron chi connectivity index (χ1n) is 6.75. The van der Waals surface area contributed by atoms with Crippen LogP contribution in [-0.2, 0) is 11.2 Å². The molecule has 1 aromatic carbocycles. The Morgan fingerprint density at radius 3 is 2.95 bits per heavy atom. The summed E-state index contributed by atoms with van der Waals surface area (Å²) in [5.74, 6) is 0.910. The number of hydrogen-bond acceptors (Lipinski definition) is 4. The van der Waals surface area contributed by atoms with Gasteiger partial charge in [-0.15, -0.1) is 0 Å². The van der Waals surface area contributed by atoms with E-state index in [-0.39, 0.29) is 19.0 Å². The van der Waals surface area contributed by atoms with Crippen molar-refractivity contribution < 1.29 is 19.4 Å². The molecule has 0 fully saturated rings. The molecule has 19 heavy (non-hydrogen) atoms. The zero-order valence-corrected chi connectivity index (χ0v) is 11.2. The van der Waals surface area contributed by atoms with Crippen LogP contribution in [0.2, 0.25) is 0 Å². The highest BCUT2D eigenvalue weighted by Gasteiger charge is 2.17. The Bertz CT molecular complexity index is 442. The lowest BCUT2D eigenvalue weighted by molar-refractivity contribution is 0.0164. The second-order valence-corrected chi connectivity index (χ2v) is 4.72. The molecule has 1 aliphatic carbocycles. The number of rotatable bonds is 6. The number of Topliss-reactive ketones (excluding diaryl/α,β-unsaturated/α-hetero) is 1. The highest BCUT2D eigenvalue weighted by atomic mass is 16.5. The van der Waals surface area contributed by atoms with Crippen LogP contribution in [0.4, 0.5) is 0 Å². The number of aliphatic hydroxyl groups excluding tert-OH is 1. The Morgan fingerprint density at radius 2 is 2.16 bits per heavy atom. The predicted molar refractivity (Wildman–Crippen MR) is 71.7 cm³/mol. The average molecular weight is 264 g/mol. The van der Waals surface area contributed by atoms with Crippen molar-refractivity contribution in [2.45, 2.75) is 32.3 Å². The van der Waals surface area contributed by atoms with Gasteiger partial charge in [0.1, 0.15) is 18.5 Å². The van der Waals surface area contributed by atoms with Crippen molar-refractivity contribution in [3.63, 3.8) is 0 Å². The molecule has 0 spiro atoms. The maximum Gasteiger partial charge on any atom is 0.163 e. The summed E-state index contributed by atoms with van der Waals surface area (Å²) in [4.78, 5) is 11.7. The molecule has 1 atom stereocenters. The van der Waals surface area contributed by atoms with Crippen molar-refractivity contribution in [2.24, 2.45) is 0 Å². The van der Waals surface area contributed by atoms with Gasteiger partial charge in [0.25, 0.3) is 0 Å². The minimum Gasteiger partial charge on any atom is -0.491 e. The van der Waals surface area contributed by atoms with E-state index in [1.807, 2.05) is 19.1 Å². The molecule has 1 N–H and O–H groups in total. The average Bonchev–Trinajstić information content (AvgIpc) is 2.43. The third-order valence-electron chi connectivity index (χ3n) is 3.18. The van der Waals surface area contributed by atoms with Crippen molar-refractivity contribution >= 4 is 5.78 Å². The van der Waals surface area contributed by atoms with Gasteiger partial charge in [0.2, 0.25) is 0 Å². The van der Waals surface area contributed by atoms with E-state index in [0.717, 1.165) is 24.0 Å². The van der Waals surface area contributed by atoms with Crippen molar-refractivity contribution in [1.82, 2.24) is 0 Å². The van der Waals surface area contributed by atoms with Gasteiger partial charge in [-0.2, -0.15) is 0 Å². The monoisotopic (exact) mass is 264 g/mol. The lowest BCUT2D eigenvalue weighted by Gasteiger charge is -2.17. The molecule has 0 unspecified atom stereocenters. The molecule has 2 rings (SSSR count). The van der Waals surface area contributed by atoms with Gasteiger partial charge in [-0.1, -0.05) is 0 Å². The molecule has 0 saturated carbocycles. The summed E-state index contributed by atoms with van der Waals surface area (Å²) in [6, 6.07) is 5.51. The summed E-state index contributed by atoms with van der Waals surface area (Å²) >= 11 is 0. The first kappa shape index (κ1) is 14.0. The zero-order valence-electron chi connectivity index (χ0n) is 11.2. The predicted octanol–water partition coefficient (Wildman–Crippen LogP) is 1.98. The van der Waals surface area contributed by atoms with Crippen molar-refractivity contribution in [2.75, 3.05) is 19.8 Å². The third kappa shape index (κ3) is 3.78. The molecule has 4 nitrogen and oxygen atoms in total. The highest BCUT2D eigenvalue weighted by Crippen LogP contribution is 2.25. The van der Waals surface area contributed by atoms with Crippen LogP contribution < -0.4 is 4.74 Å². The largest absolute Gasteiger partial charge is 0.491 e. The lowest BCUT2D eigenvalue weighted by Crippen LogP contribution is -2.23. The maximum atomic E-state index is 11.7. The van der Waals surface area contributed by atoms with Crippen LogP contribution in [-0.4, -0.2) is 36.8 Å². The van der Waals surface area contributed by atoms with Gasteiger partial charge in [0.15, 0.2) is 5.78 Å². The first-order chi connectivity index (χ1) is 9.20. The molecular weight excluding hydrogens is 244 g/mol. The van der Waals surface area contributed by atoms with E-state index in [4.69, 9.17) is 9.47 Å². The van der Waals surface area contributed by atoms with Crippen molar-refractivity contribution in [1.29, 1.82) is 0 Å². The van der Waals surface area contributed by atoms with Gasteiger partial charge in [-0.3, -0.25) is 4.79 Å². The molecule has 1 aliphatic rings. The molecule has 4 heteroatoms. The number of carbonyl (C=O) groups excluding carboxylic acids is 1.